The lowest BCUT2D eigenvalue weighted by molar-refractivity contribution is -0.146. The van der Waals surface area contributed by atoms with Crippen molar-refractivity contribution in [2.75, 3.05) is 25.1 Å². The predicted molar refractivity (Wildman–Crippen MR) is 92.6 cm³/mol. The monoisotopic (exact) mass is 358 g/mol. The van der Waals surface area contributed by atoms with Crippen molar-refractivity contribution in [2.45, 2.75) is 38.8 Å². The van der Waals surface area contributed by atoms with Gasteiger partial charge in [0.2, 0.25) is 11.6 Å². The van der Waals surface area contributed by atoms with Crippen molar-refractivity contribution in [3.63, 3.8) is 0 Å². The topological polar surface area (TPSA) is 92.9 Å². The van der Waals surface area contributed by atoms with Gasteiger partial charge in [0.1, 0.15) is 6.33 Å². The van der Waals surface area contributed by atoms with Crippen LogP contribution in [0, 0.1) is 12.8 Å². The third-order valence-electron chi connectivity index (χ3n) is 5.42. The molecule has 2 aromatic heterocycles. The van der Waals surface area contributed by atoms with Crippen LogP contribution in [0.25, 0.3) is 5.65 Å². The average Bonchev–Trinajstić information content (AvgIpc) is 3.24. The minimum absolute atomic E-state index is 0.0123. The number of rotatable bonds is 3. The van der Waals surface area contributed by atoms with Crippen LogP contribution in [0.2, 0.25) is 0 Å². The lowest BCUT2D eigenvalue weighted by atomic mass is 9.97. The average molecular weight is 358 g/mol. The molecule has 4 heterocycles. The summed E-state index contributed by atoms with van der Waals surface area (Å²) in [5.41, 5.74) is 2.30. The zero-order valence-corrected chi connectivity index (χ0v) is 15.1. The Hall–Kier alpha value is -2.71. The first-order valence-corrected chi connectivity index (χ1v) is 8.85. The van der Waals surface area contributed by atoms with E-state index in [1.807, 2.05) is 29.7 Å². The quantitative estimate of drug-likeness (QED) is 0.734. The lowest BCUT2D eigenvalue weighted by Gasteiger charge is -2.40. The zero-order chi connectivity index (χ0) is 18.4. The SMILES string of the molecule is CC[C@H]1[C@@H](C(=O)OC)C[C@H]2CN(c3cc(C)nn4cnnc34)CC(=O)N21. The van der Waals surface area contributed by atoms with E-state index >= 15 is 0 Å². The molecular formula is C17H22N6O3. The second-order valence-electron chi connectivity index (χ2n) is 6.95. The molecule has 2 fully saturated rings. The van der Waals surface area contributed by atoms with E-state index in [1.54, 1.807) is 10.8 Å². The number of nitrogens with zero attached hydrogens (tertiary/aromatic N) is 6. The maximum Gasteiger partial charge on any atom is 0.310 e. The number of methoxy groups -OCH3 is 1. The molecule has 1 amide bonds. The van der Waals surface area contributed by atoms with Crippen molar-refractivity contribution in [3.05, 3.63) is 18.1 Å². The number of hydrogen-bond acceptors (Lipinski definition) is 7. The molecule has 138 valence electrons. The van der Waals surface area contributed by atoms with E-state index in [4.69, 9.17) is 4.74 Å². The number of esters is 1. The highest BCUT2D eigenvalue weighted by molar-refractivity contribution is 5.87. The molecule has 0 spiro atoms. The Morgan fingerprint density at radius 3 is 2.96 bits per heavy atom. The number of amides is 1. The Morgan fingerprint density at radius 2 is 2.23 bits per heavy atom. The summed E-state index contributed by atoms with van der Waals surface area (Å²) >= 11 is 0. The lowest BCUT2D eigenvalue weighted by Crippen LogP contribution is -2.56. The second-order valence-corrected chi connectivity index (χ2v) is 6.95. The number of piperazine rings is 1. The summed E-state index contributed by atoms with van der Waals surface area (Å²) in [6.07, 6.45) is 2.92. The minimum Gasteiger partial charge on any atom is -0.469 e. The summed E-state index contributed by atoms with van der Waals surface area (Å²) in [5, 5.41) is 12.4. The molecule has 2 aliphatic rings. The Balaban J connectivity index is 1.66. The Labute approximate surface area is 150 Å². The normalized spacial score (nSPS) is 25.7. The number of anilines is 1. The molecule has 0 saturated carbocycles. The third-order valence-corrected chi connectivity index (χ3v) is 5.42. The van der Waals surface area contributed by atoms with Crippen LogP contribution < -0.4 is 4.90 Å². The first-order valence-electron chi connectivity index (χ1n) is 8.85. The van der Waals surface area contributed by atoms with E-state index in [0.717, 1.165) is 17.8 Å². The Kier molecular flexibility index (Phi) is 4.01. The van der Waals surface area contributed by atoms with Gasteiger partial charge in [0.15, 0.2) is 0 Å². The molecule has 26 heavy (non-hydrogen) atoms. The van der Waals surface area contributed by atoms with Crippen molar-refractivity contribution in [1.29, 1.82) is 0 Å². The van der Waals surface area contributed by atoms with Gasteiger partial charge in [-0.05, 0) is 25.8 Å². The van der Waals surface area contributed by atoms with Gasteiger partial charge in [-0.1, -0.05) is 6.92 Å². The highest BCUT2D eigenvalue weighted by Gasteiger charge is 2.49. The molecule has 0 unspecified atom stereocenters. The minimum atomic E-state index is -0.258. The third kappa shape index (κ3) is 2.49. The van der Waals surface area contributed by atoms with E-state index in [9.17, 15) is 9.59 Å². The van der Waals surface area contributed by atoms with Crippen LogP contribution in [0.1, 0.15) is 25.5 Å². The molecule has 4 rings (SSSR count). The zero-order valence-electron chi connectivity index (χ0n) is 15.1. The number of carbonyl (C=O) groups is 2. The molecule has 0 N–H and O–H groups in total. The van der Waals surface area contributed by atoms with Gasteiger partial charge < -0.3 is 14.5 Å². The van der Waals surface area contributed by atoms with Gasteiger partial charge in [0.05, 0.1) is 37.0 Å². The van der Waals surface area contributed by atoms with E-state index in [-0.39, 0.29) is 36.4 Å². The number of carbonyl (C=O) groups excluding carboxylic acids is 2. The molecule has 9 nitrogen and oxygen atoms in total. The van der Waals surface area contributed by atoms with Gasteiger partial charge in [-0.3, -0.25) is 9.59 Å². The summed E-state index contributed by atoms with van der Waals surface area (Å²) in [5.74, 6) is -0.456. The first-order chi connectivity index (χ1) is 12.5. The van der Waals surface area contributed by atoms with Crippen molar-refractivity contribution in [2.24, 2.45) is 5.92 Å². The summed E-state index contributed by atoms with van der Waals surface area (Å²) in [4.78, 5) is 29.0. The van der Waals surface area contributed by atoms with Gasteiger partial charge in [-0.2, -0.15) is 9.61 Å². The van der Waals surface area contributed by atoms with Crippen molar-refractivity contribution >= 4 is 23.2 Å². The second kappa shape index (κ2) is 6.22. The molecule has 0 aromatic carbocycles. The molecular weight excluding hydrogens is 336 g/mol. The molecule has 0 radical (unpaired) electrons. The van der Waals surface area contributed by atoms with Crippen LogP contribution in [-0.4, -0.2) is 68.9 Å². The van der Waals surface area contributed by atoms with E-state index in [2.05, 4.69) is 15.3 Å². The van der Waals surface area contributed by atoms with Gasteiger partial charge in [0.25, 0.3) is 0 Å². The number of fused-ring (bicyclic) bond motifs is 2. The molecule has 2 aromatic rings. The first kappa shape index (κ1) is 16.7. The van der Waals surface area contributed by atoms with Crippen LogP contribution in [0.4, 0.5) is 5.69 Å². The van der Waals surface area contributed by atoms with Crippen molar-refractivity contribution < 1.29 is 14.3 Å². The molecule has 3 atom stereocenters. The predicted octanol–water partition coefficient (Wildman–Crippen LogP) is 0.421. The largest absolute Gasteiger partial charge is 0.469 e. The number of aryl methyl sites for hydroxylation is 1. The van der Waals surface area contributed by atoms with Crippen LogP contribution in [0.5, 0.6) is 0 Å². The molecule has 9 heteroatoms. The maximum atomic E-state index is 12.9. The highest BCUT2D eigenvalue weighted by Crippen LogP contribution is 2.37. The fraction of sp³-hybridized carbons (Fsp3) is 0.588. The Morgan fingerprint density at radius 1 is 1.42 bits per heavy atom. The summed E-state index contributed by atoms with van der Waals surface area (Å²) in [7, 11) is 1.41. The number of hydrogen-bond donors (Lipinski definition) is 0. The van der Waals surface area contributed by atoms with Gasteiger partial charge in [-0.25, -0.2) is 0 Å². The summed E-state index contributed by atoms with van der Waals surface area (Å²) in [6, 6.07) is 1.83. The smallest absolute Gasteiger partial charge is 0.310 e. The van der Waals surface area contributed by atoms with Gasteiger partial charge in [-0.15, -0.1) is 10.2 Å². The number of ether oxygens (including phenoxy) is 1. The highest BCUT2D eigenvalue weighted by atomic mass is 16.5. The van der Waals surface area contributed by atoms with Crippen LogP contribution in [0.15, 0.2) is 12.4 Å². The van der Waals surface area contributed by atoms with Crippen LogP contribution in [-0.2, 0) is 14.3 Å². The summed E-state index contributed by atoms with van der Waals surface area (Å²) in [6.45, 7) is 4.82. The van der Waals surface area contributed by atoms with E-state index in [0.29, 0.717) is 18.6 Å². The van der Waals surface area contributed by atoms with Gasteiger partial charge >= 0.3 is 5.97 Å². The molecule has 0 bridgehead atoms. The maximum absolute atomic E-state index is 12.9. The van der Waals surface area contributed by atoms with Crippen molar-refractivity contribution in [1.82, 2.24) is 24.7 Å². The van der Waals surface area contributed by atoms with E-state index < -0.39 is 0 Å². The fourth-order valence-corrected chi connectivity index (χ4v) is 4.38. The molecule has 2 aliphatic heterocycles. The van der Waals surface area contributed by atoms with Gasteiger partial charge in [0, 0.05) is 12.6 Å². The summed E-state index contributed by atoms with van der Waals surface area (Å²) < 4.78 is 6.59. The standard InChI is InChI=1S/C17H22N6O3/c1-4-13-12(17(25)26-3)6-11-7-21(8-15(24)23(11)13)14-5-10(2)20-22-9-18-19-16(14)22/h5,9,11-13H,4,6-8H2,1-3H3/t11-,12-,13-/m0/s1. The molecule has 0 aliphatic carbocycles. The fourth-order valence-electron chi connectivity index (χ4n) is 4.38. The van der Waals surface area contributed by atoms with Crippen LogP contribution in [0.3, 0.4) is 0 Å². The molecule has 2 saturated heterocycles. The van der Waals surface area contributed by atoms with Crippen LogP contribution >= 0.6 is 0 Å². The van der Waals surface area contributed by atoms with E-state index in [1.165, 1.54) is 7.11 Å². The Bertz CT molecular complexity index is 865. The number of aromatic nitrogens is 4. The van der Waals surface area contributed by atoms with Crippen molar-refractivity contribution in [3.8, 4) is 0 Å².